The average molecular weight is 575 g/mol. The van der Waals surface area contributed by atoms with Crippen LogP contribution in [0, 0.1) is 29.1 Å². The van der Waals surface area contributed by atoms with Crippen molar-refractivity contribution >= 4 is 11.8 Å². The fourth-order valence-corrected chi connectivity index (χ4v) is 8.84. The number of hydrogen-bond acceptors (Lipinski definition) is 7. The predicted molar refractivity (Wildman–Crippen MR) is 158 cm³/mol. The van der Waals surface area contributed by atoms with Crippen molar-refractivity contribution in [1.29, 1.82) is 0 Å². The Morgan fingerprint density at radius 2 is 1.54 bits per heavy atom. The van der Waals surface area contributed by atoms with Gasteiger partial charge in [-0.25, -0.2) is 0 Å². The van der Waals surface area contributed by atoms with E-state index in [0.29, 0.717) is 11.1 Å². The number of aliphatic hydroxyl groups is 4. The predicted octanol–water partition coefficient (Wildman–Crippen LogP) is 5.18. The van der Waals surface area contributed by atoms with Crippen LogP contribution in [0.5, 0.6) is 0 Å². The zero-order valence-corrected chi connectivity index (χ0v) is 26.0. The van der Waals surface area contributed by atoms with Crippen LogP contribution in [0.2, 0.25) is 0 Å². The smallest absolute Gasteiger partial charge is 0.306 e. The summed E-state index contributed by atoms with van der Waals surface area (Å²) in [4.78, 5) is 26.2. The molecule has 2 saturated carbocycles. The average Bonchev–Trinajstić information content (AvgIpc) is 3.36. The standard InChI is InChI=1S/C34H54O7/c1-6-7-8-9-10-11-12-13-14-15-16-17-27(36)41-34-28(31(34,4)5)25-19-24(21-35)20-32(39)26(18-22(2)29(32)37)33(25,40)23(3)30(34)38/h18-19,23,25-26,28,30,35,38-40H,6-17,20-21H2,1-5H3/t23-,25+,26-,28-,30-,32-,33-,34-/m1/s1. The quantitative estimate of drug-likeness (QED) is 0.128. The van der Waals surface area contributed by atoms with Gasteiger partial charge in [0.1, 0.15) is 11.2 Å². The molecule has 41 heavy (non-hydrogen) atoms. The second kappa shape index (κ2) is 12.2. The number of aliphatic hydroxyl groups excluding tert-OH is 2. The molecule has 0 aliphatic heterocycles. The molecule has 0 heterocycles. The molecule has 2 fully saturated rings. The zero-order valence-electron chi connectivity index (χ0n) is 26.0. The topological polar surface area (TPSA) is 124 Å². The van der Waals surface area contributed by atoms with Crippen LogP contribution in [0.3, 0.4) is 0 Å². The summed E-state index contributed by atoms with van der Waals surface area (Å²) >= 11 is 0. The lowest BCUT2D eigenvalue weighted by atomic mass is 9.59. The first-order valence-corrected chi connectivity index (χ1v) is 16.2. The van der Waals surface area contributed by atoms with E-state index in [2.05, 4.69) is 6.92 Å². The summed E-state index contributed by atoms with van der Waals surface area (Å²) in [6.07, 6.45) is 15.5. The van der Waals surface area contributed by atoms with E-state index in [9.17, 15) is 30.0 Å². The monoisotopic (exact) mass is 574 g/mol. The van der Waals surface area contributed by atoms with Crippen molar-refractivity contribution in [2.45, 2.75) is 141 Å². The molecule has 0 aromatic carbocycles. The Hall–Kier alpha value is -1.54. The van der Waals surface area contributed by atoms with Crippen molar-refractivity contribution in [3.8, 4) is 0 Å². The molecule has 8 atom stereocenters. The van der Waals surface area contributed by atoms with Crippen LogP contribution in [0.1, 0.15) is 118 Å². The number of carbonyl (C=O) groups is 2. The van der Waals surface area contributed by atoms with Gasteiger partial charge in [0.15, 0.2) is 5.78 Å². The maximum atomic E-state index is 13.1. The minimum atomic E-state index is -1.89. The van der Waals surface area contributed by atoms with E-state index in [4.69, 9.17) is 4.74 Å². The van der Waals surface area contributed by atoms with Crippen molar-refractivity contribution in [2.24, 2.45) is 29.1 Å². The fourth-order valence-electron chi connectivity index (χ4n) is 8.84. The summed E-state index contributed by atoms with van der Waals surface area (Å²) in [6.45, 7) is 9.10. The molecule has 0 bridgehead atoms. The van der Waals surface area contributed by atoms with Gasteiger partial charge < -0.3 is 25.2 Å². The van der Waals surface area contributed by atoms with Crippen LogP contribution in [0.15, 0.2) is 23.3 Å². The maximum Gasteiger partial charge on any atom is 0.306 e. The van der Waals surface area contributed by atoms with Gasteiger partial charge in [-0.15, -0.1) is 0 Å². The molecule has 4 aliphatic rings. The molecule has 7 nitrogen and oxygen atoms in total. The van der Waals surface area contributed by atoms with E-state index in [1.165, 1.54) is 51.4 Å². The van der Waals surface area contributed by atoms with Gasteiger partial charge in [-0.3, -0.25) is 9.59 Å². The van der Waals surface area contributed by atoms with E-state index >= 15 is 0 Å². The molecule has 0 aromatic rings. The molecule has 4 rings (SSSR count). The molecular weight excluding hydrogens is 520 g/mol. The zero-order chi connectivity index (χ0) is 30.2. The first-order chi connectivity index (χ1) is 19.3. The van der Waals surface area contributed by atoms with Crippen LogP contribution in [-0.4, -0.2) is 61.7 Å². The summed E-state index contributed by atoms with van der Waals surface area (Å²) in [6, 6.07) is 0. The Morgan fingerprint density at radius 1 is 0.976 bits per heavy atom. The number of carbonyl (C=O) groups excluding carboxylic acids is 2. The maximum absolute atomic E-state index is 13.1. The number of hydrogen-bond donors (Lipinski definition) is 4. The summed E-state index contributed by atoms with van der Waals surface area (Å²) in [5, 5.41) is 45.9. The van der Waals surface area contributed by atoms with Crippen molar-refractivity contribution in [2.75, 3.05) is 6.61 Å². The Kier molecular flexibility index (Phi) is 9.65. The first kappa shape index (κ1) is 32.4. The van der Waals surface area contributed by atoms with Gasteiger partial charge in [0.2, 0.25) is 0 Å². The molecule has 4 N–H and O–H groups in total. The minimum absolute atomic E-state index is 0.0821. The molecular formula is C34H54O7. The second-order valence-corrected chi connectivity index (χ2v) is 14.1. The van der Waals surface area contributed by atoms with E-state index in [0.717, 1.165) is 19.3 Å². The highest BCUT2D eigenvalue weighted by Gasteiger charge is 2.86. The largest absolute Gasteiger partial charge is 0.455 e. The Labute approximate surface area is 246 Å². The number of unbranched alkanes of at least 4 members (excludes halogenated alkanes) is 10. The van der Waals surface area contributed by atoms with E-state index < -0.39 is 57.8 Å². The van der Waals surface area contributed by atoms with Crippen molar-refractivity contribution in [3.63, 3.8) is 0 Å². The van der Waals surface area contributed by atoms with Crippen LogP contribution in [0.25, 0.3) is 0 Å². The SMILES string of the molecule is CCCCCCCCCCCCCC(=O)O[C@@]12[C@H](O)[C@@H](C)[C@@]3(O)[C@@H](C=C(CO)C[C@]4(O)C(=O)C(C)=C[C@@H]34)[C@@H]1C2(C)C. The number of esters is 1. The number of ether oxygens (including phenoxy) is 1. The van der Waals surface area contributed by atoms with E-state index in [-0.39, 0.29) is 25.4 Å². The number of fused-ring (bicyclic) bond motifs is 5. The van der Waals surface area contributed by atoms with Crippen molar-refractivity contribution < 1.29 is 34.8 Å². The normalized spacial score (nSPS) is 38.8. The fraction of sp³-hybridized carbons (Fsp3) is 0.824. The third kappa shape index (κ3) is 5.27. The van der Waals surface area contributed by atoms with Gasteiger partial charge in [0.25, 0.3) is 0 Å². The van der Waals surface area contributed by atoms with Gasteiger partial charge in [-0.2, -0.15) is 0 Å². The van der Waals surface area contributed by atoms with Gasteiger partial charge in [-0.1, -0.05) is 104 Å². The number of Topliss-reactive ketones (excluding diaryl/α,β-unsaturated/α-hetero) is 1. The summed E-state index contributed by atoms with van der Waals surface area (Å²) in [7, 11) is 0. The Bertz CT molecular complexity index is 1050. The minimum Gasteiger partial charge on any atom is -0.455 e. The van der Waals surface area contributed by atoms with Crippen LogP contribution < -0.4 is 0 Å². The highest BCUT2D eigenvalue weighted by atomic mass is 16.6. The molecule has 0 saturated heterocycles. The highest BCUT2D eigenvalue weighted by Crippen LogP contribution is 2.76. The van der Waals surface area contributed by atoms with Gasteiger partial charge in [0.05, 0.1) is 18.3 Å². The molecule has 0 radical (unpaired) electrons. The molecule has 0 amide bonds. The molecule has 7 heteroatoms. The van der Waals surface area contributed by atoms with Crippen LogP contribution in [-0.2, 0) is 14.3 Å². The second-order valence-electron chi connectivity index (χ2n) is 14.1. The van der Waals surface area contributed by atoms with Crippen molar-refractivity contribution in [1.82, 2.24) is 0 Å². The van der Waals surface area contributed by atoms with E-state index in [1.54, 1.807) is 26.0 Å². The third-order valence-electron chi connectivity index (χ3n) is 11.3. The van der Waals surface area contributed by atoms with Crippen LogP contribution in [0.4, 0.5) is 0 Å². The van der Waals surface area contributed by atoms with Gasteiger partial charge >= 0.3 is 5.97 Å². The lowest BCUT2D eigenvalue weighted by Crippen LogP contribution is -2.65. The van der Waals surface area contributed by atoms with E-state index in [1.807, 2.05) is 13.8 Å². The van der Waals surface area contributed by atoms with Gasteiger partial charge in [-0.05, 0) is 24.5 Å². The first-order valence-electron chi connectivity index (χ1n) is 16.2. The Balaban J connectivity index is 1.41. The third-order valence-corrected chi connectivity index (χ3v) is 11.3. The van der Waals surface area contributed by atoms with Crippen molar-refractivity contribution in [3.05, 3.63) is 23.3 Å². The molecule has 0 unspecified atom stereocenters. The summed E-state index contributed by atoms with van der Waals surface area (Å²) in [5.74, 6) is -3.60. The lowest BCUT2D eigenvalue weighted by Gasteiger charge is -2.52. The Morgan fingerprint density at radius 3 is 2.10 bits per heavy atom. The van der Waals surface area contributed by atoms with Gasteiger partial charge in [0, 0.05) is 41.9 Å². The van der Waals surface area contributed by atoms with Crippen LogP contribution >= 0.6 is 0 Å². The molecule has 232 valence electrons. The molecule has 4 aliphatic carbocycles. The lowest BCUT2D eigenvalue weighted by molar-refractivity contribution is -0.219. The number of ketones is 1. The number of rotatable bonds is 14. The summed E-state index contributed by atoms with van der Waals surface area (Å²) in [5.41, 5.74) is -4.54. The highest BCUT2D eigenvalue weighted by molar-refractivity contribution is 6.04. The molecule has 0 aromatic heterocycles. The summed E-state index contributed by atoms with van der Waals surface area (Å²) < 4.78 is 6.19. The molecule has 0 spiro atoms.